The highest BCUT2D eigenvalue weighted by Gasteiger charge is 2.33. The fourth-order valence-electron chi connectivity index (χ4n) is 3.14. The SMILES string of the molecule is CCCCCC(O)/C=C/[C@@H]1c2sc(CCCCC(=O)O)nc2C[C@H]1O. The molecule has 3 atom stereocenters. The van der Waals surface area contributed by atoms with Gasteiger partial charge >= 0.3 is 5.97 Å². The first-order valence-corrected chi connectivity index (χ1v) is 10.1. The molecule has 25 heavy (non-hydrogen) atoms. The van der Waals surface area contributed by atoms with E-state index in [1.165, 1.54) is 0 Å². The fourth-order valence-corrected chi connectivity index (χ4v) is 4.42. The first kappa shape index (κ1) is 20.1. The van der Waals surface area contributed by atoms with Crippen molar-refractivity contribution >= 4 is 17.3 Å². The van der Waals surface area contributed by atoms with Gasteiger partial charge in [-0.1, -0.05) is 38.3 Å². The maximum Gasteiger partial charge on any atom is 0.303 e. The van der Waals surface area contributed by atoms with E-state index >= 15 is 0 Å². The third-order valence-electron chi connectivity index (χ3n) is 4.57. The summed E-state index contributed by atoms with van der Waals surface area (Å²) in [6.07, 6.45) is 9.89. The molecule has 0 saturated carbocycles. The van der Waals surface area contributed by atoms with Gasteiger partial charge in [0.15, 0.2) is 0 Å². The number of hydrogen-bond donors (Lipinski definition) is 3. The van der Waals surface area contributed by atoms with Gasteiger partial charge < -0.3 is 15.3 Å². The number of fused-ring (bicyclic) bond motifs is 1. The number of hydrogen-bond acceptors (Lipinski definition) is 5. The van der Waals surface area contributed by atoms with Gasteiger partial charge in [-0.25, -0.2) is 4.98 Å². The van der Waals surface area contributed by atoms with Crippen LogP contribution in [0.1, 0.15) is 73.4 Å². The van der Waals surface area contributed by atoms with Gasteiger partial charge in [-0.15, -0.1) is 11.3 Å². The molecule has 1 aromatic heterocycles. The van der Waals surface area contributed by atoms with E-state index in [2.05, 4.69) is 11.9 Å². The molecule has 1 aromatic rings. The van der Waals surface area contributed by atoms with Crippen LogP contribution < -0.4 is 0 Å². The van der Waals surface area contributed by atoms with Gasteiger partial charge in [-0.2, -0.15) is 0 Å². The number of aromatic nitrogens is 1. The lowest BCUT2D eigenvalue weighted by molar-refractivity contribution is -0.137. The third-order valence-corrected chi connectivity index (χ3v) is 5.83. The molecule has 140 valence electrons. The second-order valence-electron chi connectivity index (χ2n) is 6.76. The monoisotopic (exact) mass is 367 g/mol. The largest absolute Gasteiger partial charge is 0.481 e. The summed E-state index contributed by atoms with van der Waals surface area (Å²) in [6, 6.07) is 0. The molecule has 0 saturated heterocycles. The van der Waals surface area contributed by atoms with E-state index < -0.39 is 18.2 Å². The zero-order valence-corrected chi connectivity index (χ0v) is 15.7. The molecule has 0 aliphatic heterocycles. The molecule has 0 radical (unpaired) electrons. The topological polar surface area (TPSA) is 90.7 Å². The van der Waals surface area contributed by atoms with Crippen LogP contribution in [0.3, 0.4) is 0 Å². The van der Waals surface area contributed by atoms with E-state index in [0.29, 0.717) is 12.8 Å². The zero-order chi connectivity index (χ0) is 18.2. The van der Waals surface area contributed by atoms with E-state index in [4.69, 9.17) is 5.11 Å². The Bertz CT molecular complexity index is 584. The van der Waals surface area contributed by atoms with Crippen molar-refractivity contribution in [3.05, 3.63) is 27.7 Å². The quantitative estimate of drug-likeness (QED) is 0.412. The highest BCUT2D eigenvalue weighted by atomic mass is 32.1. The predicted octanol–water partition coefficient (Wildman–Crippen LogP) is 3.44. The van der Waals surface area contributed by atoms with Crippen molar-refractivity contribution in [1.82, 2.24) is 4.98 Å². The number of carboxylic acid groups (broad SMARTS) is 1. The molecular weight excluding hydrogens is 338 g/mol. The van der Waals surface area contributed by atoms with E-state index in [9.17, 15) is 15.0 Å². The number of thiazole rings is 1. The van der Waals surface area contributed by atoms with Gasteiger partial charge in [-0.3, -0.25) is 4.79 Å². The molecule has 2 rings (SSSR count). The van der Waals surface area contributed by atoms with Gasteiger partial charge in [0.05, 0.1) is 22.9 Å². The van der Waals surface area contributed by atoms with Crippen LogP contribution in [-0.2, 0) is 17.6 Å². The van der Waals surface area contributed by atoms with Crippen LogP contribution in [-0.4, -0.2) is 38.5 Å². The maximum atomic E-state index is 10.5. The van der Waals surface area contributed by atoms with Crippen LogP contribution >= 0.6 is 11.3 Å². The van der Waals surface area contributed by atoms with Gasteiger partial charge in [0.2, 0.25) is 0 Å². The summed E-state index contributed by atoms with van der Waals surface area (Å²) >= 11 is 1.61. The molecule has 6 heteroatoms. The summed E-state index contributed by atoms with van der Waals surface area (Å²) in [5, 5.41) is 30.0. The molecule has 0 aromatic carbocycles. The molecule has 1 aliphatic rings. The van der Waals surface area contributed by atoms with Crippen molar-refractivity contribution in [3.8, 4) is 0 Å². The summed E-state index contributed by atoms with van der Waals surface area (Å²) in [7, 11) is 0. The lowest BCUT2D eigenvalue weighted by atomic mass is 10.0. The van der Waals surface area contributed by atoms with Crippen molar-refractivity contribution in [2.75, 3.05) is 0 Å². The van der Waals surface area contributed by atoms with Crippen molar-refractivity contribution in [3.63, 3.8) is 0 Å². The molecule has 0 spiro atoms. The molecule has 1 unspecified atom stereocenters. The number of nitrogens with zero attached hydrogens (tertiary/aromatic N) is 1. The number of carboxylic acids is 1. The normalized spacial score (nSPS) is 20.9. The second kappa shape index (κ2) is 10.0. The van der Waals surface area contributed by atoms with E-state index in [-0.39, 0.29) is 12.3 Å². The summed E-state index contributed by atoms with van der Waals surface area (Å²) in [4.78, 5) is 16.3. The Morgan fingerprint density at radius 1 is 1.36 bits per heavy atom. The Balaban J connectivity index is 1.89. The van der Waals surface area contributed by atoms with Gasteiger partial charge in [-0.05, 0) is 25.7 Å². The minimum Gasteiger partial charge on any atom is -0.481 e. The summed E-state index contributed by atoms with van der Waals surface area (Å²) in [5.41, 5.74) is 0.959. The Morgan fingerprint density at radius 2 is 2.16 bits per heavy atom. The smallest absolute Gasteiger partial charge is 0.303 e. The van der Waals surface area contributed by atoms with Crippen LogP contribution in [0, 0.1) is 0 Å². The Labute approximate surface area is 153 Å². The molecule has 5 nitrogen and oxygen atoms in total. The minimum absolute atomic E-state index is 0.0823. The van der Waals surface area contributed by atoms with E-state index in [0.717, 1.165) is 54.1 Å². The number of aliphatic carboxylic acids is 1. The molecule has 0 bridgehead atoms. The molecule has 1 aliphatic carbocycles. The average molecular weight is 368 g/mol. The molecule has 0 amide bonds. The fraction of sp³-hybridized carbons (Fsp3) is 0.684. The number of aryl methyl sites for hydroxylation is 1. The van der Waals surface area contributed by atoms with Crippen LogP contribution in [0.15, 0.2) is 12.2 Å². The van der Waals surface area contributed by atoms with Gasteiger partial charge in [0.1, 0.15) is 0 Å². The number of rotatable bonds is 11. The number of unbranched alkanes of at least 4 members (excludes halogenated alkanes) is 3. The summed E-state index contributed by atoms with van der Waals surface area (Å²) in [5.74, 6) is -0.839. The first-order valence-electron chi connectivity index (χ1n) is 9.26. The van der Waals surface area contributed by atoms with Crippen molar-refractivity contribution in [2.45, 2.75) is 82.8 Å². The number of aliphatic hydroxyl groups is 2. The highest BCUT2D eigenvalue weighted by Crippen LogP contribution is 2.39. The Hall–Kier alpha value is -1.24. The summed E-state index contributed by atoms with van der Waals surface area (Å²) < 4.78 is 0. The van der Waals surface area contributed by atoms with Gasteiger partial charge in [0, 0.05) is 23.6 Å². The molecule has 0 fully saturated rings. The molecule has 3 N–H and O–H groups in total. The maximum absolute atomic E-state index is 10.5. The van der Waals surface area contributed by atoms with Crippen LogP contribution in [0.5, 0.6) is 0 Å². The van der Waals surface area contributed by atoms with Crippen molar-refractivity contribution < 1.29 is 20.1 Å². The molecule has 1 heterocycles. The second-order valence-corrected chi connectivity index (χ2v) is 7.88. The van der Waals surface area contributed by atoms with Crippen molar-refractivity contribution in [1.29, 1.82) is 0 Å². The Morgan fingerprint density at radius 3 is 2.88 bits per heavy atom. The van der Waals surface area contributed by atoms with Gasteiger partial charge in [0.25, 0.3) is 0 Å². The lowest BCUT2D eigenvalue weighted by Crippen LogP contribution is -2.12. The summed E-state index contributed by atoms with van der Waals surface area (Å²) in [6.45, 7) is 2.14. The van der Waals surface area contributed by atoms with Crippen LogP contribution in [0.2, 0.25) is 0 Å². The minimum atomic E-state index is -0.757. The van der Waals surface area contributed by atoms with Crippen LogP contribution in [0.25, 0.3) is 0 Å². The molecular formula is C19H29NO4S. The first-order chi connectivity index (χ1) is 12.0. The van der Waals surface area contributed by atoms with E-state index in [1.54, 1.807) is 11.3 Å². The lowest BCUT2D eigenvalue weighted by Gasteiger charge is -2.11. The standard InChI is InChI=1S/C19H29NO4S/c1-2-3-4-7-13(21)10-11-14-16(22)12-15-19(14)25-17(20-15)8-5-6-9-18(23)24/h10-11,13-14,16,21-22H,2-9,12H2,1H3,(H,23,24)/b11-10+/t13?,14-,16+/m0/s1. The van der Waals surface area contributed by atoms with Crippen LogP contribution in [0.4, 0.5) is 0 Å². The van der Waals surface area contributed by atoms with E-state index in [1.807, 2.05) is 12.2 Å². The number of carbonyl (C=O) groups is 1. The highest BCUT2D eigenvalue weighted by molar-refractivity contribution is 7.11. The Kier molecular flexibility index (Phi) is 8.06. The average Bonchev–Trinajstić information content (AvgIpc) is 3.06. The zero-order valence-electron chi connectivity index (χ0n) is 14.9. The number of aliphatic hydroxyl groups excluding tert-OH is 2. The third kappa shape index (κ3) is 6.20. The van der Waals surface area contributed by atoms with Crippen molar-refractivity contribution in [2.24, 2.45) is 0 Å². The predicted molar refractivity (Wildman–Crippen MR) is 99.0 cm³/mol.